The third kappa shape index (κ3) is 10.5. The average Bonchev–Trinajstić information content (AvgIpc) is 0.708. The number of nitrogens with two attached hydrogens (primary N) is 2. The Balaban J connectivity index is 0.000000108. The van der Waals surface area contributed by atoms with Gasteiger partial charge in [-0.3, -0.25) is 24.2 Å². The van der Waals surface area contributed by atoms with Crippen LogP contribution in [0.25, 0.3) is 65.0 Å². The zero-order chi connectivity index (χ0) is 65.0. The molecule has 21 rings (SSSR count). The van der Waals surface area contributed by atoms with Crippen LogP contribution in [0, 0.1) is 0 Å². The van der Waals surface area contributed by atoms with Crippen LogP contribution in [0.3, 0.4) is 0 Å². The van der Waals surface area contributed by atoms with Crippen molar-refractivity contribution in [3.8, 4) is 11.5 Å². The number of rotatable bonds is 1. The molecule has 0 radical (unpaired) electrons. The lowest BCUT2D eigenvalue weighted by Gasteiger charge is -2.48. The van der Waals surface area contributed by atoms with Crippen LogP contribution in [0.15, 0.2) is 190 Å². The Labute approximate surface area is 569 Å². The first-order valence-electron chi connectivity index (χ1n) is 33.1. The van der Waals surface area contributed by atoms with Crippen LogP contribution in [-0.2, 0) is 9.59 Å². The molecular weight excluding hydrogens is 1320 g/mol. The molecule has 17 nitrogen and oxygen atoms in total. The summed E-state index contributed by atoms with van der Waals surface area (Å²) in [7, 11) is 0. The van der Waals surface area contributed by atoms with Gasteiger partial charge in [0.1, 0.15) is 34.2 Å². The fourth-order valence-electron chi connectivity index (χ4n) is 14.9. The number of hydrogen-bond donors (Lipinski definition) is 12. The second kappa shape index (κ2) is 23.8. The van der Waals surface area contributed by atoms with Crippen molar-refractivity contribution in [2.75, 3.05) is 48.7 Å². The lowest BCUT2D eigenvalue weighted by molar-refractivity contribution is -0.123. The summed E-state index contributed by atoms with van der Waals surface area (Å²) in [5, 5.41) is 66.9. The van der Waals surface area contributed by atoms with Crippen molar-refractivity contribution in [1.29, 1.82) is 0 Å². The molecule has 96 heavy (non-hydrogen) atoms. The average molecular weight is 1390 g/mol. The van der Waals surface area contributed by atoms with Gasteiger partial charge in [0.15, 0.2) is 0 Å². The van der Waals surface area contributed by atoms with Crippen molar-refractivity contribution < 1.29 is 24.9 Å². The monoisotopic (exact) mass is 1390 g/mol. The van der Waals surface area contributed by atoms with Crippen molar-refractivity contribution in [2.24, 2.45) is 4.99 Å². The molecule has 18 heteroatoms. The van der Waals surface area contributed by atoms with Gasteiger partial charge >= 0.3 is 0 Å². The Morgan fingerprint density at radius 2 is 0.740 bits per heavy atom. The van der Waals surface area contributed by atoms with Gasteiger partial charge in [-0.2, -0.15) is 0 Å². The van der Waals surface area contributed by atoms with Crippen molar-refractivity contribution >= 4 is 152 Å². The number of Topliss-reactive ketones (excluding diaryl/α,β-unsaturated/α-hetero) is 2. The van der Waals surface area contributed by atoms with E-state index in [1.807, 2.05) is 60.7 Å². The van der Waals surface area contributed by atoms with E-state index in [1.54, 1.807) is 0 Å². The summed E-state index contributed by atoms with van der Waals surface area (Å²) < 4.78 is 0. The number of carbonyl (C=O) groups excluding carboxylic acids is 2. The van der Waals surface area contributed by atoms with Gasteiger partial charge in [-0.25, -0.2) is 0 Å². The SMILES string of the molecule is I.Nc1cccc2cccc(N)c12.O=C1C(c2ccc3cccc4c3c2NC2(CCC2)N4)=C(O)/C1=c1/ccc2cccc3c2c1=NC1(CCC1)N3.O=C1CCC1.O=c1c(O)c(O)c1=O.c1cc2c3c(cccc3c1)NC1(CCC1)N2.c1cc2c3c(cccc3c1)NC1(CCC1)N2. The highest BCUT2D eigenvalue weighted by atomic mass is 127. The molecule has 14 N–H and O–H groups in total. The van der Waals surface area contributed by atoms with Gasteiger partial charge < -0.3 is 64.0 Å². The number of allylic oxidation sites excluding steroid dienone is 2. The number of nitrogens with one attached hydrogen (secondary N) is 7. The number of hydrogen-bond acceptors (Lipinski definition) is 17. The van der Waals surface area contributed by atoms with E-state index in [0.717, 1.165) is 135 Å². The molecule has 0 aromatic heterocycles. The van der Waals surface area contributed by atoms with Crippen LogP contribution in [0.5, 0.6) is 11.5 Å². The molecule has 10 aliphatic rings. The Bertz CT molecular complexity index is 5050. The van der Waals surface area contributed by atoms with Gasteiger partial charge in [0, 0.05) is 96.1 Å². The molecule has 0 unspecified atom stereocenters. The molecule has 484 valence electrons. The second-order valence-corrected chi connectivity index (χ2v) is 26.8. The smallest absolute Gasteiger partial charge is 0.275 e. The van der Waals surface area contributed by atoms with Crippen LogP contribution < -0.4 is 70.1 Å². The number of aliphatic hydroxyl groups excluding tert-OH is 1. The molecule has 5 fully saturated rings. The molecule has 11 aromatic carbocycles. The number of carbonyl (C=O) groups is 2. The molecule has 11 aromatic rings. The maximum absolute atomic E-state index is 13.9. The van der Waals surface area contributed by atoms with Gasteiger partial charge in [0.25, 0.3) is 10.9 Å². The maximum Gasteiger partial charge on any atom is 0.275 e. The van der Waals surface area contributed by atoms with Crippen molar-refractivity contribution in [3.63, 3.8) is 0 Å². The van der Waals surface area contributed by atoms with Crippen molar-refractivity contribution in [1.82, 2.24) is 0 Å². The van der Waals surface area contributed by atoms with Gasteiger partial charge in [-0.15, -0.1) is 24.0 Å². The first-order valence-corrected chi connectivity index (χ1v) is 33.1. The van der Waals surface area contributed by atoms with E-state index in [9.17, 15) is 24.3 Å². The topological polar surface area (TPSA) is 278 Å². The molecule has 0 atom stereocenters. The lowest BCUT2D eigenvalue weighted by Crippen LogP contribution is -2.53. The lowest BCUT2D eigenvalue weighted by atomic mass is 9.77. The molecule has 4 aliphatic heterocycles. The number of ketones is 2. The highest BCUT2D eigenvalue weighted by Gasteiger charge is 2.45. The van der Waals surface area contributed by atoms with Gasteiger partial charge in [0.2, 0.25) is 17.3 Å². The first-order chi connectivity index (χ1) is 46.1. The third-order valence-electron chi connectivity index (χ3n) is 20.8. The minimum Gasteiger partial charge on any atom is -0.506 e. The second-order valence-electron chi connectivity index (χ2n) is 26.8. The number of halogens is 1. The molecule has 4 spiro atoms. The maximum atomic E-state index is 13.9. The first kappa shape index (κ1) is 61.8. The summed E-state index contributed by atoms with van der Waals surface area (Å²) in [4.78, 5) is 48.9. The van der Waals surface area contributed by atoms with Crippen LogP contribution in [0.2, 0.25) is 0 Å². The van der Waals surface area contributed by atoms with Gasteiger partial charge in [-0.1, -0.05) is 121 Å². The van der Waals surface area contributed by atoms with E-state index in [2.05, 4.69) is 146 Å². The van der Waals surface area contributed by atoms with E-state index in [0.29, 0.717) is 16.9 Å². The summed E-state index contributed by atoms with van der Waals surface area (Å²) in [6.07, 6.45) is 16.6. The molecule has 6 aliphatic carbocycles. The Morgan fingerprint density at radius 1 is 0.375 bits per heavy atom. The van der Waals surface area contributed by atoms with Crippen LogP contribution in [0.4, 0.5) is 51.2 Å². The Hall–Kier alpha value is -10.3. The van der Waals surface area contributed by atoms with E-state index in [-0.39, 0.29) is 58.2 Å². The fourth-order valence-corrected chi connectivity index (χ4v) is 14.9. The highest BCUT2D eigenvalue weighted by molar-refractivity contribution is 14.0. The summed E-state index contributed by atoms with van der Waals surface area (Å²) in [6.45, 7) is 0. The van der Waals surface area contributed by atoms with E-state index in [1.165, 1.54) is 82.8 Å². The number of anilines is 9. The number of fused-ring (bicyclic) bond motifs is 1. The quantitative estimate of drug-likeness (QED) is 0.0414. The standard InChI is InChI=1S/C32H26N4O2.2C14H14N2.C10H10N2.C4H2O4.C4H6O.HI/c37-29-25(19-11-9-17-5-1-7-21-23(17)27(19)35-31(33-21)13-3-14-31)30(38)26(29)20-12-10-18-6-2-8-22-24(18)28(20)36-32(34-22)15-4-16-32;2*1-4-10-5-2-7-12-13(10)11(6-1)15-14(16-12)8-3-9-14;11-8-5-1-3-7-4-2-6-9(12)10(7)8;5-1-2(6)4(8)3(1)7;5-4-2-1-3-4;/h1-2,5-12,33-35,37H,3-4,13-16H2;2*1-2,4-7,15-16H,3,8-9H2;1-6H,11-12H2;5-6H;1-3H2;1H/b26-20+;;;;;;. The minimum atomic E-state index is -1.01. The molecule has 0 bridgehead atoms. The van der Waals surface area contributed by atoms with Crippen LogP contribution in [-0.4, -0.2) is 49.5 Å². The van der Waals surface area contributed by atoms with Gasteiger partial charge in [-0.05, 0) is 159 Å². The zero-order valence-electron chi connectivity index (χ0n) is 52.8. The minimum absolute atomic E-state index is 0. The largest absolute Gasteiger partial charge is 0.506 e. The van der Waals surface area contributed by atoms with E-state index >= 15 is 0 Å². The summed E-state index contributed by atoms with van der Waals surface area (Å²) in [5.41, 5.74) is 20.6. The number of nitrogens with zero attached hydrogens (tertiary/aromatic N) is 1. The van der Waals surface area contributed by atoms with Gasteiger partial charge in [0.05, 0.1) is 22.2 Å². The summed E-state index contributed by atoms with van der Waals surface area (Å²) in [5.74, 6) is -1.27. The summed E-state index contributed by atoms with van der Waals surface area (Å²) >= 11 is 0. The predicted molar refractivity (Wildman–Crippen MR) is 398 cm³/mol. The number of nitrogen functional groups attached to an aromatic ring is 2. The number of benzene rings is 10. The predicted octanol–water partition coefficient (Wildman–Crippen LogP) is 14.5. The number of aromatic hydroxyl groups is 2. The molecule has 5 saturated carbocycles. The molecule has 0 saturated heterocycles. The highest BCUT2D eigenvalue weighted by Crippen LogP contribution is 2.51. The molecular formula is C78H73IN10O7. The van der Waals surface area contributed by atoms with Crippen LogP contribution >= 0.6 is 24.0 Å². The normalized spacial score (nSPS) is 18.9. The van der Waals surface area contributed by atoms with Crippen molar-refractivity contribution in [2.45, 2.75) is 119 Å². The zero-order valence-corrected chi connectivity index (χ0v) is 55.1. The Morgan fingerprint density at radius 3 is 1.10 bits per heavy atom. The van der Waals surface area contributed by atoms with E-state index in [4.69, 9.17) is 26.7 Å². The molecule has 4 heterocycles. The van der Waals surface area contributed by atoms with E-state index < -0.39 is 22.4 Å². The Kier molecular flexibility index (Phi) is 15.3. The number of aliphatic hydroxyl groups is 1. The fraction of sp³-hybridized carbons (Fsp3) is 0.244. The molecule has 0 amide bonds. The van der Waals surface area contributed by atoms with Crippen LogP contribution in [0.1, 0.15) is 102 Å². The van der Waals surface area contributed by atoms with Crippen molar-refractivity contribution in [3.05, 3.63) is 212 Å². The summed E-state index contributed by atoms with van der Waals surface area (Å²) in [6, 6.07) is 58.0. The third-order valence-corrected chi connectivity index (χ3v) is 20.8.